The van der Waals surface area contributed by atoms with Crippen LogP contribution >= 0.6 is 0 Å². The maximum Gasteiger partial charge on any atom is 0.410 e. The van der Waals surface area contributed by atoms with Crippen molar-refractivity contribution in [2.24, 2.45) is 11.7 Å². The maximum atomic E-state index is 12.2. The lowest BCUT2D eigenvalue weighted by atomic mass is 10.0. The number of likely N-dealkylation sites (tertiary alicyclic amines) is 1. The summed E-state index contributed by atoms with van der Waals surface area (Å²) < 4.78 is 5.36. The maximum absolute atomic E-state index is 12.2. The van der Waals surface area contributed by atoms with E-state index in [1.807, 2.05) is 44.2 Å². The molecule has 0 bridgehead atoms. The van der Waals surface area contributed by atoms with E-state index >= 15 is 0 Å². The van der Waals surface area contributed by atoms with Crippen molar-refractivity contribution >= 4 is 12.0 Å². The second-order valence-corrected chi connectivity index (χ2v) is 6.60. The fourth-order valence-corrected chi connectivity index (χ4v) is 2.67. The number of piperidine rings is 1. The van der Waals surface area contributed by atoms with Gasteiger partial charge in [-0.1, -0.05) is 44.2 Å². The highest BCUT2D eigenvalue weighted by Crippen LogP contribution is 2.13. The fraction of sp³-hybridized carbons (Fsp3) is 0.556. The lowest BCUT2D eigenvalue weighted by Crippen LogP contribution is -2.54. The largest absolute Gasteiger partial charge is 0.445 e. The normalized spacial score (nSPS) is 19.0. The number of carbonyl (C=O) groups excluding carboxylic acids is 2. The predicted molar refractivity (Wildman–Crippen MR) is 92.2 cm³/mol. The zero-order chi connectivity index (χ0) is 17.5. The minimum absolute atomic E-state index is 0.0691. The van der Waals surface area contributed by atoms with Crippen molar-refractivity contribution in [3.05, 3.63) is 35.9 Å². The van der Waals surface area contributed by atoms with Gasteiger partial charge in [0.05, 0.1) is 6.04 Å². The summed E-state index contributed by atoms with van der Waals surface area (Å²) in [6, 6.07) is 8.98. The first-order valence-electron chi connectivity index (χ1n) is 8.49. The van der Waals surface area contributed by atoms with Crippen LogP contribution in [0.2, 0.25) is 0 Å². The number of hydrogen-bond acceptors (Lipinski definition) is 4. The Labute approximate surface area is 143 Å². The molecule has 6 heteroatoms. The highest BCUT2D eigenvalue weighted by Gasteiger charge is 2.27. The molecule has 0 saturated carbocycles. The topological polar surface area (TPSA) is 84.7 Å². The molecule has 3 N–H and O–H groups in total. The summed E-state index contributed by atoms with van der Waals surface area (Å²) in [5.41, 5.74) is 6.82. The first-order chi connectivity index (χ1) is 11.5. The SMILES string of the molecule is CC(C)[C@@H](N)C(=O)N[C@H]1CCCN(C(=O)OCc2ccccc2)C1. The van der Waals surface area contributed by atoms with E-state index in [0.29, 0.717) is 13.1 Å². The van der Waals surface area contributed by atoms with Crippen LogP contribution in [0.5, 0.6) is 0 Å². The third kappa shape index (κ3) is 5.23. The molecule has 0 radical (unpaired) electrons. The summed E-state index contributed by atoms with van der Waals surface area (Å²) >= 11 is 0. The van der Waals surface area contributed by atoms with Crippen LogP contribution in [-0.2, 0) is 16.1 Å². The van der Waals surface area contributed by atoms with Gasteiger partial charge in [-0.2, -0.15) is 0 Å². The number of carbonyl (C=O) groups is 2. The van der Waals surface area contributed by atoms with E-state index in [0.717, 1.165) is 18.4 Å². The molecule has 1 aromatic rings. The van der Waals surface area contributed by atoms with Crippen molar-refractivity contribution in [1.82, 2.24) is 10.2 Å². The zero-order valence-corrected chi connectivity index (χ0v) is 14.4. The highest BCUT2D eigenvalue weighted by molar-refractivity contribution is 5.82. The summed E-state index contributed by atoms with van der Waals surface area (Å²) in [5, 5.41) is 2.95. The first-order valence-corrected chi connectivity index (χ1v) is 8.49. The van der Waals surface area contributed by atoms with Gasteiger partial charge >= 0.3 is 6.09 Å². The van der Waals surface area contributed by atoms with Crippen LogP contribution < -0.4 is 11.1 Å². The molecule has 1 heterocycles. The van der Waals surface area contributed by atoms with Crippen molar-refractivity contribution in [3.8, 4) is 0 Å². The van der Waals surface area contributed by atoms with Gasteiger partial charge in [-0.25, -0.2) is 4.79 Å². The number of ether oxygens (including phenoxy) is 1. The van der Waals surface area contributed by atoms with Gasteiger partial charge in [-0.15, -0.1) is 0 Å². The van der Waals surface area contributed by atoms with Crippen LogP contribution in [0.4, 0.5) is 4.79 Å². The molecule has 2 atom stereocenters. The number of nitrogens with one attached hydrogen (secondary N) is 1. The van der Waals surface area contributed by atoms with E-state index in [-0.39, 0.29) is 30.6 Å². The predicted octanol–water partition coefficient (Wildman–Crippen LogP) is 1.89. The summed E-state index contributed by atoms with van der Waals surface area (Å²) in [5.74, 6) is -0.0740. The van der Waals surface area contributed by atoms with Gasteiger partial charge in [0.2, 0.25) is 5.91 Å². The monoisotopic (exact) mass is 333 g/mol. The lowest BCUT2D eigenvalue weighted by molar-refractivity contribution is -0.124. The standard InChI is InChI=1S/C18H27N3O3/c1-13(2)16(19)17(22)20-15-9-6-10-21(11-15)18(23)24-12-14-7-4-3-5-8-14/h3-5,7-8,13,15-16H,6,9-12,19H2,1-2H3,(H,20,22)/t15-,16+/m0/s1. The molecular formula is C18H27N3O3. The Kier molecular flexibility index (Phi) is 6.61. The smallest absolute Gasteiger partial charge is 0.410 e. The molecule has 1 aromatic carbocycles. The number of amides is 2. The summed E-state index contributed by atoms with van der Waals surface area (Å²) in [6.07, 6.45) is 1.34. The van der Waals surface area contributed by atoms with E-state index in [9.17, 15) is 9.59 Å². The van der Waals surface area contributed by atoms with Crippen molar-refractivity contribution in [2.45, 2.75) is 45.4 Å². The van der Waals surface area contributed by atoms with Crippen LogP contribution in [0, 0.1) is 5.92 Å². The van der Waals surface area contributed by atoms with Crippen LogP contribution in [-0.4, -0.2) is 42.1 Å². The molecule has 0 spiro atoms. The third-order valence-electron chi connectivity index (χ3n) is 4.25. The number of benzene rings is 1. The first kappa shape index (κ1) is 18.3. The number of hydrogen-bond donors (Lipinski definition) is 2. The van der Waals surface area contributed by atoms with Gasteiger partial charge in [-0.3, -0.25) is 4.79 Å². The fourth-order valence-electron chi connectivity index (χ4n) is 2.67. The summed E-state index contributed by atoms with van der Waals surface area (Å²) in [4.78, 5) is 25.9. The second kappa shape index (κ2) is 8.68. The quantitative estimate of drug-likeness (QED) is 0.862. The van der Waals surface area contributed by atoms with Crippen LogP contribution in [0.15, 0.2) is 30.3 Å². The van der Waals surface area contributed by atoms with Crippen molar-refractivity contribution in [1.29, 1.82) is 0 Å². The van der Waals surface area contributed by atoms with Gasteiger partial charge in [0.25, 0.3) is 0 Å². The van der Waals surface area contributed by atoms with Gasteiger partial charge in [0.15, 0.2) is 0 Å². The molecule has 24 heavy (non-hydrogen) atoms. The Balaban J connectivity index is 1.81. The Morgan fingerprint density at radius 1 is 1.33 bits per heavy atom. The van der Waals surface area contributed by atoms with Crippen LogP contribution in [0.3, 0.4) is 0 Å². The number of nitrogens with zero attached hydrogens (tertiary/aromatic N) is 1. The molecule has 0 aromatic heterocycles. The van der Waals surface area contributed by atoms with E-state index in [4.69, 9.17) is 10.5 Å². The van der Waals surface area contributed by atoms with Crippen LogP contribution in [0.25, 0.3) is 0 Å². The van der Waals surface area contributed by atoms with E-state index < -0.39 is 6.04 Å². The van der Waals surface area contributed by atoms with E-state index in [1.165, 1.54) is 0 Å². The molecule has 6 nitrogen and oxygen atoms in total. The average Bonchev–Trinajstić information content (AvgIpc) is 2.60. The zero-order valence-electron chi connectivity index (χ0n) is 14.4. The Morgan fingerprint density at radius 2 is 2.04 bits per heavy atom. The molecule has 0 unspecified atom stereocenters. The highest BCUT2D eigenvalue weighted by atomic mass is 16.6. The van der Waals surface area contributed by atoms with Crippen LogP contribution in [0.1, 0.15) is 32.3 Å². The molecule has 2 rings (SSSR count). The molecule has 1 saturated heterocycles. The number of rotatable bonds is 5. The summed E-state index contributed by atoms with van der Waals surface area (Å²) in [7, 11) is 0. The van der Waals surface area contributed by atoms with Gasteiger partial charge in [0.1, 0.15) is 6.61 Å². The molecule has 2 amide bonds. The Hall–Kier alpha value is -2.08. The van der Waals surface area contributed by atoms with Gasteiger partial charge in [0, 0.05) is 19.1 Å². The van der Waals surface area contributed by atoms with Crippen molar-refractivity contribution in [2.75, 3.05) is 13.1 Å². The lowest BCUT2D eigenvalue weighted by Gasteiger charge is -2.33. The third-order valence-corrected chi connectivity index (χ3v) is 4.25. The molecule has 1 fully saturated rings. The minimum atomic E-state index is -0.523. The summed E-state index contributed by atoms with van der Waals surface area (Å²) in [6.45, 7) is 5.20. The minimum Gasteiger partial charge on any atom is -0.445 e. The van der Waals surface area contributed by atoms with Gasteiger partial charge < -0.3 is 20.7 Å². The van der Waals surface area contributed by atoms with E-state index in [2.05, 4.69) is 5.32 Å². The molecule has 1 aliphatic rings. The Bertz CT molecular complexity index is 548. The van der Waals surface area contributed by atoms with Gasteiger partial charge in [-0.05, 0) is 24.3 Å². The Morgan fingerprint density at radius 3 is 2.71 bits per heavy atom. The van der Waals surface area contributed by atoms with Crippen molar-refractivity contribution < 1.29 is 14.3 Å². The number of nitrogens with two attached hydrogens (primary N) is 1. The molecular weight excluding hydrogens is 306 g/mol. The second-order valence-electron chi connectivity index (χ2n) is 6.60. The molecule has 132 valence electrons. The van der Waals surface area contributed by atoms with Crippen molar-refractivity contribution in [3.63, 3.8) is 0 Å². The average molecular weight is 333 g/mol. The molecule has 0 aliphatic carbocycles. The molecule has 1 aliphatic heterocycles. The van der Waals surface area contributed by atoms with E-state index in [1.54, 1.807) is 4.90 Å².